The molecule has 1 aliphatic heterocycles. The highest BCUT2D eigenvalue weighted by Crippen LogP contribution is 2.30. The average molecular weight is 523 g/mol. The molecule has 0 saturated heterocycles. The monoisotopic (exact) mass is 522 g/mol. The number of hydrogen-bond acceptors (Lipinski definition) is 4. The van der Waals surface area contributed by atoms with Gasteiger partial charge in [-0.3, -0.25) is 9.48 Å². The van der Waals surface area contributed by atoms with Crippen LogP contribution in [0.25, 0.3) is 0 Å². The molecule has 2 heterocycles. The van der Waals surface area contributed by atoms with Gasteiger partial charge in [-0.05, 0) is 48.5 Å². The highest BCUT2D eigenvalue weighted by atomic mass is 32.2. The third kappa shape index (κ3) is 4.77. The summed E-state index contributed by atoms with van der Waals surface area (Å²) in [6.45, 7) is 0.249. The summed E-state index contributed by atoms with van der Waals surface area (Å²) in [7, 11) is -2.31. The summed E-state index contributed by atoms with van der Waals surface area (Å²) in [5, 5.41) is 4.62. The second-order valence-electron chi connectivity index (χ2n) is 8.75. The Kier molecular flexibility index (Phi) is 6.61. The molecule has 0 aliphatic carbocycles. The van der Waals surface area contributed by atoms with E-state index in [0.29, 0.717) is 28.9 Å². The van der Waals surface area contributed by atoms with Crippen molar-refractivity contribution in [3.8, 4) is 0 Å². The molecule has 1 amide bonds. The molecule has 0 radical (unpaired) electrons. The van der Waals surface area contributed by atoms with Crippen molar-refractivity contribution in [3.05, 3.63) is 113 Å². The highest BCUT2D eigenvalue weighted by molar-refractivity contribution is 7.89. The first kappa shape index (κ1) is 24.8. The van der Waals surface area contributed by atoms with Crippen molar-refractivity contribution >= 4 is 21.6 Å². The van der Waals surface area contributed by atoms with Crippen LogP contribution in [0.3, 0.4) is 0 Å². The Labute approximate surface area is 213 Å². The number of fused-ring (bicyclic) bond motifs is 1. The standard InChI is InChI=1S/C27H24F2N4O3S/c1-31-25-15-16-32(37(35,36)26-10-6-5-9-23(26)29)17-22(25)24(30-31)18-33(21-7-3-2-4-8-21)27(34)19-11-13-20(28)14-12-19/h2-14H,15-18H2,1H3. The minimum absolute atomic E-state index is 0.00252. The Balaban J connectivity index is 1.50. The van der Waals surface area contributed by atoms with Gasteiger partial charge in [0.1, 0.15) is 16.5 Å². The van der Waals surface area contributed by atoms with Crippen LogP contribution in [-0.2, 0) is 36.6 Å². The van der Waals surface area contributed by atoms with Crippen LogP contribution in [0.15, 0.2) is 83.8 Å². The number of anilines is 1. The summed E-state index contributed by atoms with van der Waals surface area (Å²) < 4.78 is 57.3. The number of amides is 1. The Hall–Kier alpha value is -3.89. The SMILES string of the molecule is Cn1nc(CN(C(=O)c2ccc(F)cc2)c2ccccc2)c2c1CCN(S(=O)(=O)c1ccccc1F)C2. The van der Waals surface area contributed by atoms with E-state index in [1.54, 1.807) is 36.0 Å². The molecule has 0 fully saturated rings. The molecule has 0 N–H and O–H groups in total. The first-order valence-electron chi connectivity index (χ1n) is 11.7. The fourth-order valence-electron chi connectivity index (χ4n) is 4.56. The molecule has 0 bridgehead atoms. The van der Waals surface area contributed by atoms with Crippen LogP contribution in [-0.4, -0.2) is 35.0 Å². The molecular formula is C27H24F2N4O3S. The summed E-state index contributed by atoms with van der Waals surface area (Å²) in [6.07, 6.45) is 0.393. The summed E-state index contributed by atoms with van der Waals surface area (Å²) in [4.78, 5) is 14.7. The lowest BCUT2D eigenvalue weighted by Gasteiger charge is -2.28. The van der Waals surface area contributed by atoms with Crippen LogP contribution < -0.4 is 4.90 Å². The normalized spacial score (nSPS) is 13.8. The molecule has 0 atom stereocenters. The molecule has 10 heteroatoms. The maximum atomic E-state index is 14.4. The zero-order chi connectivity index (χ0) is 26.2. The molecule has 1 aromatic heterocycles. The smallest absolute Gasteiger partial charge is 0.258 e. The maximum absolute atomic E-state index is 14.4. The van der Waals surface area contributed by atoms with Gasteiger partial charge in [-0.25, -0.2) is 17.2 Å². The van der Waals surface area contributed by atoms with Crippen molar-refractivity contribution in [2.45, 2.75) is 24.4 Å². The molecule has 4 aromatic rings. The van der Waals surface area contributed by atoms with Crippen LogP contribution >= 0.6 is 0 Å². The first-order valence-corrected chi connectivity index (χ1v) is 13.1. The lowest BCUT2D eigenvalue weighted by atomic mass is 10.1. The molecule has 1 aliphatic rings. The van der Waals surface area contributed by atoms with Gasteiger partial charge in [0.05, 0.1) is 12.2 Å². The van der Waals surface area contributed by atoms with Gasteiger partial charge in [0.15, 0.2) is 0 Å². The van der Waals surface area contributed by atoms with Crippen molar-refractivity contribution in [2.75, 3.05) is 11.4 Å². The predicted octanol–water partition coefficient (Wildman–Crippen LogP) is 4.29. The largest absolute Gasteiger partial charge is 0.302 e. The first-order chi connectivity index (χ1) is 17.8. The molecule has 37 heavy (non-hydrogen) atoms. The molecule has 7 nitrogen and oxygen atoms in total. The molecule has 0 unspecified atom stereocenters. The number of benzene rings is 3. The van der Waals surface area contributed by atoms with E-state index >= 15 is 0 Å². The zero-order valence-corrected chi connectivity index (χ0v) is 20.8. The van der Waals surface area contributed by atoms with Gasteiger partial charge in [-0.2, -0.15) is 9.40 Å². The van der Waals surface area contributed by atoms with Crippen LogP contribution in [0.4, 0.5) is 14.5 Å². The van der Waals surface area contributed by atoms with Crippen LogP contribution in [0.5, 0.6) is 0 Å². The Morgan fingerprint density at radius 1 is 0.973 bits per heavy atom. The minimum atomic E-state index is -4.08. The molecule has 0 spiro atoms. The lowest BCUT2D eigenvalue weighted by Crippen LogP contribution is -2.37. The Bertz CT molecular complexity index is 1550. The van der Waals surface area contributed by atoms with Gasteiger partial charge in [-0.15, -0.1) is 0 Å². The quantitative estimate of drug-likeness (QED) is 0.379. The van der Waals surface area contributed by atoms with Gasteiger partial charge >= 0.3 is 0 Å². The Morgan fingerprint density at radius 2 is 1.65 bits per heavy atom. The van der Waals surface area contributed by atoms with Gasteiger partial charge in [0.2, 0.25) is 10.0 Å². The summed E-state index contributed by atoms with van der Waals surface area (Å²) >= 11 is 0. The second kappa shape index (κ2) is 9.87. The van der Waals surface area contributed by atoms with Crippen LogP contribution in [0.2, 0.25) is 0 Å². The topological polar surface area (TPSA) is 75.5 Å². The number of carbonyl (C=O) groups is 1. The number of aromatic nitrogens is 2. The minimum Gasteiger partial charge on any atom is -0.302 e. The van der Waals surface area contributed by atoms with Crippen LogP contribution in [0.1, 0.15) is 27.3 Å². The highest BCUT2D eigenvalue weighted by Gasteiger charge is 2.34. The van der Waals surface area contributed by atoms with Gasteiger partial charge < -0.3 is 4.90 Å². The molecule has 0 saturated carbocycles. The number of nitrogens with zero attached hydrogens (tertiary/aromatic N) is 4. The molecule has 190 valence electrons. The maximum Gasteiger partial charge on any atom is 0.258 e. The predicted molar refractivity (Wildman–Crippen MR) is 134 cm³/mol. The van der Waals surface area contributed by atoms with E-state index in [1.165, 1.54) is 51.7 Å². The number of hydrogen-bond donors (Lipinski definition) is 0. The van der Waals surface area contributed by atoms with Crippen LogP contribution in [0, 0.1) is 11.6 Å². The lowest BCUT2D eigenvalue weighted by molar-refractivity contribution is 0.0984. The second-order valence-corrected chi connectivity index (χ2v) is 10.7. The molecule has 5 rings (SSSR count). The van der Waals surface area contributed by atoms with Crippen molar-refractivity contribution in [1.29, 1.82) is 0 Å². The third-order valence-corrected chi connectivity index (χ3v) is 8.34. The van der Waals surface area contributed by atoms with Gasteiger partial charge in [0.25, 0.3) is 5.91 Å². The Morgan fingerprint density at radius 3 is 2.35 bits per heavy atom. The molecule has 3 aromatic carbocycles. The summed E-state index contributed by atoms with van der Waals surface area (Å²) in [5.74, 6) is -1.60. The van der Waals surface area contributed by atoms with E-state index < -0.39 is 21.7 Å². The van der Waals surface area contributed by atoms with E-state index in [-0.39, 0.29) is 30.4 Å². The van der Waals surface area contributed by atoms with Crippen molar-refractivity contribution in [2.24, 2.45) is 7.05 Å². The third-order valence-electron chi connectivity index (χ3n) is 6.46. The number of halogens is 2. The van der Waals surface area contributed by atoms with E-state index in [0.717, 1.165) is 11.8 Å². The summed E-state index contributed by atoms with van der Waals surface area (Å²) in [5.41, 5.74) is 2.99. The summed E-state index contributed by atoms with van der Waals surface area (Å²) in [6, 6.07) is 19.6. The fourth-order valence-corrected chi connectivity index (χ4v) is 6.03. The number of para-hydroxylation sites is 1. The van der Waals surface area contributed by atoms with Gasteiger partial charge in [0, 0.05) is 49.1 Å². The molecular weight excluding hydrogens is 498 g/mol. The van der Waals surface area contributed by atoms with E-state index in [2.05, 4.69) is 5.10 Å². The van der Waals surface area contributed by atoms with E-state index in [4.69, 9.17) is 0 Å². The number of carbonyl (C=O) groups excluding carboxylic acids is 1. The number of sulfonamides is 1. The number of aryl methyl sites for hydroxylation is 1. The number of rotatable bonds is 6. The van der Waals surface area contributed by atoms with E-state index in [1.807, 2.05) is 6.07 Å². The zero-order valence-electron chi connectivity index (χ0n) is 20.0. The fraction of sp³-hybridized carbons (Fsp3) is 0.185. The van der Waals surface area contributed by atoms with Gasteiger partial charge in [-0.1, -0.05) is 30.3 Å². The van der Waals surface area contributed by atoms with Crippen molar-refractivity contribution in [1.82, 2.24) is 14.1 Å². The van der Waals surface area contributed by atoms with Crippen molar-refractivity contribution in [3.63, 3.8) is 0 Å². The average Bonchev–Trinajstić information content (AvgIpc) is 3.22. The van der Waals surface area contributed by atoms with Crippen molar-refractivity contribution < 1.29 is 22.0 Å². The van der Waals surface area contributed by atoms with E-state index in [9.17, 15) is 22.0 Å².